The maximum Gasteiger partial charge on any atom is 0.280 e. The van der Waals surface area contributed by atoms with E-state index in [0.717, 1.165) is 9.48 Å². The summed E-state index contributed by atoms with van der Waals surface area (Å²) in [5.41, 5.74) is -0.908. The molecule has 22 heavy (non-hydrogen) atoms. The number of halogens is 1. The first-order chi connectivity index (χ1) is 10.5. The topological polar surface area (TPSA) is 73.1 Å². The van der Waals surface area contributed by atoms with Crippen molar-refractivity contribution in [3.63, 3.8) is 0 Å². The van der Waals surface area contributed by atoms with Gasteiger partial charge in [-0.15, -0.1) is 0 Å². The Hall–Kier alpha value is -2.18. The van der Waals surface area contributed by atoms with Gasteiger partial charge in [-0.3, -0.25) is 4.79 Å². The minimum Gasteiger partial charge on any atom is -0.507 e. The van der Waals surface area contributed by atoms with Gasteiger partial charge in [-0.05, 0) is 24.3 Å². The lowest BCUT2D eigenvalue weighted by atomic mass is 9.99. The number of hydrogen-bond donors (Lipinski definition) is 2. The molecule has 0 bridgehead atoms. The third-order valence-corrected chi connectivity index (χ3v) is 4.09. The molecule has 6 heteroatoms. The lowest BCUT2D eigenvalue weighted by molar-refractivity contribution is -0.0764. The fourth-order valence-electron chi connectivity index (χ4n) is 2.38. The molecular weight excluding hydrogens is 348 g/mol. The number of phenolic OH excluding ortho intramolecular Hbond substituents is 1. The van der Waals surface area contributed by atoms with Gasteiger partial charge >= 0.3 is 0 Å². The number of para-hydroxylation sites is 1. The van der Waals surface area contributed by atoms with Crippen LogP contribution in [0.15, 0.2) is 58.1 Å². The second kappa shape index (κ2) is 5.55. The smallest absolute Gasteiger partial charge is 0.280 e. The van der Waals surface area contributed by atoms with Crippen molar-refractivity contribution in [3.05, 3.63) is 64.1 Å². The van der Waals surface area contributed by atoms with Crippen LogP contribution in [0.25, 0.3) is 0 Å². The zero-order valence-electron chi connectivity index (χ0n) is 11.5. The van der Waals surface area contributed by atoms with Crippen LogP contribution >= 0.6 is 15.9 Å². The van der Waals surface area contributed by atoms with Gasteiger partial charge in [0.25, 0.3) is 5.91 Å². The van der Waals surface area contributed by atoms with Crippen LogP contribution < -0.4 is 0 Å². The van der Waals surface area contributed by atoms with Crippen molar-refractivity contribution in [2.45, 2.75) is 12.1 Å². The summed E-state index contributed by atoms with van der Waals surface area (Å²) in [6.07, 6.45) is 1.67. The number of hydrogen-bond acceptors (Lipinski definition) is 4. The van der Waals surface area contributed by atoms with Crippen LogP contribution in [-0.2, 0) is 5.72 Å². The molecule has 0 aromatic heterocycles. The van der Waals surface area contributed by atoms with E-state index in [4.69, 9.17) is 0 Å². The molecule has 1 aliphatic heterocycles. The van der Waals surface area contributed by atoms with Crippen LogP contribution in [0, 0.1) is 0 Å². The zero-order chi connectivity index (χ0) is 15.7. The molecule has 2 aromatic carbocycles. The molecule has 0 spiro atoms. The molecule has 0 radical (unpaired) electrons. The summed E-state index contributed by atoms with van der Waals surface area (Å²) in [5.74, 6) is -0.704. The van der Waals surface area contributed by atoms with Gasteiger partial charge in [-0.2, -0.15) is 10.1 Å². The summed E-state index contributed by atoms with van der Waals surface area (Å²) in [4.78, 5) is 12.6. The van der Waals surface area contributed by atoms with Gasteiger partial charge in [0.05, 0.1) is 5.56 Å². The van der Waals surface area contributed by atoms with E-state index in [9.17, 15) is 15.0 Å². The van der Waals surface area contributed by atoms with Crippen LogP contribution in [0.2, 0.25) is 0 Å². The van der Waals surface area contributed by atoms with Gasteiger partial charge in [-0.25, -0.2) is 0 Å². The van der Waals surface area contributed by atoms with Crippen molar-refractivity contribution in [2.24, 2.45) is 5.10 Å². The molecule has 1 amide bonds. The maximum absolute atomic E-state index is 12.6. The second-order valence-electron chi connectivity index (χ2n) is 4.96. The molecule has 0 saturated carbocycles. The third kappa shape index (κ3) is 2.40. The van der Waals surface area contributed by atoms with Crippen molar-refractivity contribution in [2.75, 3.05) is 0 Å². The van der Waals surface area contributed by atoms with E-state index < -0.39 is 11.6 Å². The maximum atomic E-state index is 12.6. The summed E-state index contributed by atoms with van der Waals surface area (Å²) in [7, 11) is 0. The van der Waals surface area contributed by atoms with Crippen molar-refractivity contribution in [3.8, 4) is 5.75 Å². The van der Waals surface area contributed by atoms with Crippen molar-refractivity contribution in [1.82, 2.24) is 5.01 Å². The minimum atomic E-state index is -1.56. The summed E-state index contributed by atoms with van der Waals surface area (Å²) in [5, 5.41) is 25.7. The van der Waals surface area contributed by atoms with Gasteiger partial charge < -0.3 is 10.2 Å². The normalized spacial score (nSPS) is 20.4. The lowest BCUT2D eigenvalue weighted by Gasteiger charge is -2.31. The summed E-state index contributed by atoms with van der Waals surface area (Å²) in [6.45, 7) is 0. The number of aliphatic hydroxyl groups is 1. The highest BCUT2D eigenvalue weighted by atomic mass is 79.9. The van der Waals surface area contributed by atoms with Crippen LogP contribution in [-0.4, -0.2) is 27.3 Å². The molecule has 5 nitrogen and oxygen atoms in total. The van der Waals surface area contributed by atoms with Gasteiger partial charge in [-0.1, -0.05) is 40.2 Å². The number of aromatic hydroxyl groups is 1. The minimum absolute atomic E-state index is 0.0945. The number of amides is 1. The molecule has 2 N–H and O–H groups in total. The number of carbonyl (C=O) groups excluding carboxylic acids is 1. The van der Waals surface area contributed by atoms with E-state index in [1.807, 2.05) is 0 Å². The van der Waals surface area contributed by atoms with Crippen LogP contribution in [0.4, 0.5) is 0 Å². The number of rotatable bonds is 2. The van der Waals surface area contributed by atoms with E-state index in [1.54, 1.807) is 36.4 Å². The van der Waals surface area contributed by atoms with E-state index >= 15 is 0 Å². The molecule has 3 rings (SSSR count). The molecule has 1 heterocycles. The highest BCUT2D eigenvalue weighted by Gasteiger charge is 2.43. The Bertz CT molecular complexity index is 745. The first kappa shape index (κ1) is 14.7. The quantitative estimate of drug-likeness (QED) is 0.864. The first-order valence-corrected chi connectivity index (χ1v) is 7.45. The van der Waals surface area contributed by atoms with Crippen molar-refractivity contribution in [1.29, 1.82) is 0 Å². The number of carbonyl (C=O) groups is 1. The third-order valence-electron chi connectivity index (χ3n) is 3.56. The summed E-state index contributed by atoms with van der Waals surface area (Å²) >= 11 is 3.34. The predicted octanol–water partition coefficient (Wildman–Crippen LogP) is 2.83. The monoisotopic (exact) mass is 360 g/mol. The summed E-state index contributed by atoms with van der Waals surface area (Å²) < 4.78 is 0.873. The molecule has 1 aliphatic rings. The highest BCUT2D eigenvalue weighted by molar-refractivity contribution is 9.10. The lowest BCUT2D eigenvalue weighted by Crippen LogP contribution is -2.43. The SMILES string of the molecule is O=C(c1ccccc1O)N1N=CCC1(O)c1ccc(Br)cc1. The van der Waals surface area contributed by atoms with Crippen molar-refractivity contribution < 1.29 is 15.0 Å². The average molecular weight is 361 g/mol. The van der Waals surface area contributed by atoms with E-state index in [-0.39, 0.29) is 17.7 Å². The number of nitrogens with zero attached hydrogens (tertiary/aromatic N) is 2. The molecule has 2 aromatic rings. The van der Waals surface area contributed by atoms with Crippen LogP contribution in [0.1, 0.15) is 22.3 Å². The standard InChI is InChI=1S/C16H13BrN2O3/c17-12-7-5-11(6-8-12)16(22)9-10-18-19(16)15(21)13-3-1-2-4-14(13)20/h1-8,10,20,22H,9H2. The van der Waals surface area contributed by atoms with Gasteiger partial charge in [0, 0.05) is 22.7 Å². The average Bonchev–Trinajstić information content (AvgIpc) is 2.91. The second-order valence-corrected chi connectivity index (χ2v) is 5.88. The van der Waals surface area contributed by atoms with Gasteiger partial charge in [0.1, 0.15) is 5.75 Å². The Morgan fingerprint density at radius 1 is 1.18 bits per heavy atom. The molecule has 1 unspecified atom stereocenters. The Balaban J connectivity index is 1.99. The first-order valence-electron chi connectivity index (χ1n) is 6.66. The van der Waals surface area contributed by atoms with E-state index in [0.29, 0.717) is 5.56 Å². The van der Waals surface area contributed by atoms with Gasteiger partial charge in [0.2, 0.25) is 0 Å². The van der Waals surface area contributed by atoms with E-state index in [2.05, 4.69) is 21.0 Å². The number of hydrazone groups is 1. The largest absolute Gasteiger partial charge is 0.507 e. The molecule has 1 atom stereocenters. The van der Waals surface area contributed by atoms with E-state index in [1.165, 1.54) is 18.3 Å². The molecule has 0 fully saturated rings. The van der Waals surface area contributed by atoms with Crippen LogP contribution in [0.5, 0.6) is 5.75 Å². The molecule has 0 saturated heterocycles. The van der Waals surface area contributed by atoms with Crippen molar-refractivity contribution >= 4 is 28.1 Å². The number of benzene rings is 2. The fraction of sp³-hybridized carbons (Fsp3) is 0.125. The number of phenols is 1. The predicted molar refractivity (Wildman–Crippen MR) is 85.4 cm³/mol. The van der Waals surface area contributed by atoms with Gasteiger partial charge in [0.15, 0.2) is 5.72 Å². The fourth-order valence-corrected chi connectivity index (χ4v) is 2.64. The van der Waals surface area contributed by atoms with Crippen LogP contribution in [0.3, 0.4) is 0 Å². The molecule has 112 valence electrons. The highest BCUT2D eigenvalue weighted by Crippen LogP contribution is 2.35. The Morgan fingerprint density at radius 3 is 2.55 bits per heavy atom. The zero-order valence-corrected chi connectivity index (χ0v) is 13.1. The Kier molecular flexibility index (Phi) is 3.72. The Labute approximate surface area is 135 Å². The molecular formula is C16H13BrN2O3. The summed E-state index contributed by atoms with van der Waals surface area (Å²) in [6, 6.07) is 13.2. The Morgan fingerprint density at radius 2 is 1.86 bits per heavy atom. The molecule has 0 aliphatic carbocycles.